The molecule has 0 saturated heterocycles. The predicted octanol–water partition coefficient (Wildman–Crippen LogP) is 3.65. The molecule has 0 atom stereocenters. The third-order valence-electron chi connectivity index (χ3n) is 3.05. The molecule has 0 radical (unpaired) electrons. The second-order valence-electron chi connectivity index (χ2n) is 4.63. The van der Waals surface area contributed by atoms with E-state index >= 15 is 0 Å². The first-order chi connectivity index (χ1) is 8.90. The fraction of sp³-hybridized carbons (Fsp3) is 0.429. The Kier molecular flexibility index (Phi) is 3.37. The number of nitrogens with zero attached hydrogens (tertiary/aromatic N) is 3. The molecule has 0 aliphatic heterocycles. The first-order valence-corrected chi connectivity index (χ1v) is 7.52. The van der Waals surface area contributed by atoms with E-state index in [0.29, 0.717) is 5.92 Å². The van der Waals surface area contributed by atoms with Crippen LogP contribution in [0, 0.1) is 0 Å². The third kappa shape index (κ3) is 2.29. The summed E-state index contributed by atoms with van der Waals surface area (Å²) in [4.78, 5) is 0. The van der Waals surface area contributed by atoms with E-state index in [-0.39, 0.29) is 0 Å². The van der Waals surface area contributed by atoms with Gasteiger partial charge in [-0.3, -0.25) is 4.57 Å². The van der Waals surface area contributed by atoms with Gasteiger partial charge in [0.15, 0.2) is 5.16 Å². The van der Waals surface area contributed by atoms with E-state index in [4.69, 9.17) is 0 Å². The largest absolute Gasteiger partial charge is 0.274 e. The highest BCUT2D eigenvalue weighted by Crippen LogP contribution is 2.41. The number of para-hydroxylation sites is 1. The van der Waals surface area contributed by atoms with Crippen LogP contribution >= 0.6 is 11.8 Å². The van der Waals surface area contributed by atoms with Gasteiger partial charge in [0.1, 0.15) is 5.82 Å². The molecule has 4 heteroatoms. The van der Waals surface area contributed by atoms with Crippen LogP contribution in [0.4, 0.5) is 0 Å². The van der Waals surface area contributed by atoms with Gasteiger partial charge in [-0.15, -0.1) is 10.2 Å². The number of hydrogen-bond donors (Lipinski definition) is 0. The Bertz CT molecular complexity index is 517. The molecular formula is C14H17N3S. The van der Waals surface area contributed by atoms with Gasteiger partial charge in [-0.25, -0.2) is 0 Å². The zero-order valence-corrected chi connectivity index (χ0v) is 11.4. The highest BCUT2D eigenvalue weighted by molar-refractivity contribution is 7.99. The molecule has 0 unspecified atom stereocenters. The van der Waals surface area contributed by atoms with Gasteiger partial charge < -0.3 is 0 Å². The molecule has 0 bridgehead atoms. The molecular weight excluding hydrogens is 242 g/mol. The van der Waals surface area contributed by atoms with Crippen molar-refractivity contribution in [2.24, 2.45) is 0 Å². The Labute approximate surface area is 112 Å². The monoisotopic (exact) mass is 259 g/mol. The maximum absolute atomic E-state index is 4.40. The van der Waals surface area contributed by atoms with Crippen LogP contribution in [0.3, 0.4) is 0 Å². The van der Waals surface area contributed by atoms with Crippen LogP contribution in [0.1, 0.15) is 37.9 Å². The highest BCUT2D eigenvalue weighted by Gasteiger charge is 2.30. The SMILES string of the molecule is CCCSc1nnc(C2CC2)n1-c1ccccc1. The summed E-state index contributed by atoms with van der Waals surface area (Å²) in [6.07, 6.45) is 3.66. The molecule has 18 heavy (non-hydrogen) atoms. The van der Waals surface area contributed by atoms with Crippen LogP contribution in [0.5, 0.6) is 0 Å². The van der Waals surface area contributed by atoms with Crippen molar-refractivity contribution in [2.45, 2.75) is 37.3 Å². The van der Waals surface area contributed by atoms with Crippen LogP contribution in [0.25, 0.3) is 5.69 Å². The fourth-order valence-electron chi connectivity index (χ4n) is 1.99. The molecule has 1 aliphatic rings. The van der Waals surface area contributed by atoms with Gasteiger partial charge >= 0.3 is 0 Å². The lowest BCUT2D eigenvalue weighted by Crippen LogP contribution is -2.01. The summed E-state index contributed by atoms with van der Waals surface area (Å²) in [7, 11) is 0. The Morgan fingerprint density at radius 1 is 1.22 bits per heavy atom. The van der Waals surface area contributed by atoms with Crippen LogP contribution in [-0.4, -0.2) is 20.5 Å². The van der Waals surface area contributed by atoms with E-state index < -0.39 is 0 Å². The summed E-state index contributed by atoms with van der Waals surface area (Å²) < 4.78 is 2.23. The van der Waals surface area contributed by atoms with Gasteiger partial charge in [0, 0.05) is 17.4 Å². The van der Waals surface area contributed by atoms with Crippen LogP contribution in [0.15, 0.2) is 35.5 Å². The van der Waals surface area contributed by atoms with Crippen LogP contribution in [0.2, 0.25) is 0 Å². The minimum atomic E-state index is 0.619. The second-order valence-corrected chi connectivity index (χ2v) is 5.70. The number of benzene rings is 1. The Hall–Kier alpha value is -1.29. The predicted molar refractivity (Wildman–Crippen MR) is 74.3 cm³/mol. The van der Waals surface area contributed by atoms with Crippen molar-refractivity contribution in [2.75, 3.05) is 5.75 Å². The van der Waals surface area contributed by atoms with E-state index in [0.717, 1.165) is 23.2 Å². The molecule has 1 saturated carbocycles. The van der Waals surface area contributed by atoms with Gasteiger partial charge in [0.25, 0.3) is 0 Å². The molecule has 1 heterocycles. The van der Waals surface area contributed by atoms with E-state index in [1.165, 1.54) is 18.5 Å². The van der Waals surface area contributed by atoms with E-state index in [9.17, 15) is 0 Å². The van der Waals surface area contributed by atoms with E-state index in [1.54, 1.807) is 11.8 Å². The van der Waals surface area contributed by atoms with Crippen molar-refractivity contribution in [1.82, 2.24) is 14.8 Å². The van der Waals surface area contributed by atoms with E-state index in [1.807, 2.05) is 6.07 Å². The number of rotatable bonds is 5. The first kappa shape index (κ1) is 11.8. The van der Waals surface area contributed by atoms with Crippen molar-refractivity contribution < 1.29 is 0 Å². The second kappa shape index (κ2) is 5.14. The van der Waals surface area contributed by atoms with Crippen LogP contribution in [-0.2, 0) is 0 Å². The molecule has 1 fully saturated rings. The third-order valence-corrected chi connectivity index (χ3v) is 4.19. The van der Waals surface area contributed by atoms with Gasteiger partial charge in [-0.05, 0) is 31.4 Å². The first-order valence-electron chi connectivity index (χ1n) is 6.53. The van der Waals surface area contributed by atoms with Crippen molar-refractivity contribution >= 4 is 11.8 Å². The summed E-state index contributed by atoms with van der Waals surface area (Å²) in [5, 5.41) is 9.80. The van der Waals surface area contributed by atoms with Crippen molar-refractivity contribution in [3.8, 4) is 5.69 Å². The topological polar surface area (TPSA) is 30.7 Å². The molecule has 0 spiro atoms. The lowest BCUT2D eigenvalue weighted by molar-refractivity contribution is 0.829. The molecule has 0 amide bonds. The molecule has 1 aliphatic carbocycles. The average molecular weight is 259 g/mol. The molecule has 3 rings (SSSR count). The Morgan fingerprint density at radius 3 is 2.67 bits per heavy atom. The minimum absolute atomic E-state index is 0.619. The maximum Gasteiger partial charge on any atom is 0.195 e. The number of aromatic nitrogens is 3. The smallest absolute Gasteiger partial charge is 0.195 e. The van der Waals surface area contributed by atoms with Gasteiger partial charge in [0.2, 0.25) is 0 Å². The molecule has 94 valence electrons. The highest BCUT2D eigenvalue weighted by atomic mass is 32.2. The van der Waals surface area contributed by atoms with Crippen molar-refractivity contribution in [3.05, 3.63) is 36.2 Å². The average Bonchev–Trinajstić information content (AvgIpc) is 3.18. The molecule has 3 nitrogen and oxygen atoms in total. The normalized spacial score (nSPS) is 14.9. The standard InChI is InChI=1S/C14H17N3S/c1-2-10-18-14-16-15-13(11-8-9-11)17(14)12-6-4-3-5-7-12/h3-7,11H,2,8-10H2,1H3. The van der Waals surface area contributed by atoms with E-state index in [2.05, 4.69) is 46.0 Å². The summed E-state index contributed by atoms with van der Waals surface area (Å²) in [5.41, 5.74) is 1.18. The Morgan fingerprint density at radius 2 is 2.00 bits per heavy atom. The summed E-state index contributed by atoms with van der Waals surface area (Å²) in [6.45, 7) is 2.19. The summed E-state index contributed by atoms with van der Waals surface area (Å²) in [5.74, 6) is 2.85. The maximum atomic E-state index is 4.40. The lowest BCUT2D eigenvalue weighted by Gasteiger charge is -2.09. The lowest BCUT2D eigenvalue weighted by atomic mass is 10.3. The molecule has 1 aromatic carbocycles. The molecule has 2 aromatic rings. The van der Waals surface area contributed by atoms with Gasteiger partial charge in [0.05, 0.1) is 0 Å². The summed E-state index contributed by atoms with van der Waals surface area (Å²) >= 11 is 1.80. The van der Waals surface area contributed by atoms with Crippen LogP contribution < -0.4 is 0 Å². The quantitative estimate of drug-likeness (QED) is 0.768. The minimum Gasteiger partial charge on any atom is -0.274 e. The zero-order chi connectivity index (χ0) is 12.4. The molecule has 1 aromatic heterocycles. The van der Waals surface area contributed by atoms with Crippen molar-refractivity contribution in [3.63, 3.8) is 0 Å². The van der Waals surface area contributed by atoms with Gasteiger partial charge in [-0.2, -0.15) is 0 Å². The zero-order valence-electron chi connectivity index (χ0n) is 10.5. The summed E-state index contributed by atoms with van der Waals surface area (Å²) in [6, 6.07) is 10.4. The number of thioether (sulfide) groups is 1. The fourth-order valence-corrected chi connectivity index (χ4v) is 2.81. The van der Waals surface area contributed by atoms with Gasteiger partial charge in [-0.1, -0.05) is 36.9 Å². The van der Waals surface area contributed by atoms with Crippen molar-refractivity contribution in [1.29, 1.82) is 0 Å². The molecule has 0 N–H and O–H groups in total. The number of hydrogen-bond acceptors (Lipinski definition) is 3. The Balaban J connectivity index is 2.00.